The number of benzene rings is 1. The first kappa shape index (κ1) is 13.2. The predicted molar refractivity (Wildman–Crippen MR) is 79.6 cm³/mol. The van der Waals surface area contributed by atoms with Gasteiger partial charge in [-0.1, -0.05) is 49.6 Å². The molecule has 1 fully saturated rings. The van der Waals surface area contributed by atoms with Gasteiger partial charge < -0.3 is 4.74 Å². The van der Waals surface area contributed by atoms with Crippen molar-refractivity contribution in [2.24, 2.45) is 5.92 Å². The molecule has 0 N–H and O–H groups in total. The molecule has 1 saturated carbocycles. The molecule has 1 heterocycles. The second kappa shape index (κ2) is 6.60. The minimum absolute atomic E-state index is 0.607. The maximum Gasteiger partial charge on any atom is 0.157 e. The number of rotatable bonds is 5. The van der Waals surface area contributed by atoms with Crippen molar-refractivity contribution in [3.8, 4) is 5.75 Å². The van der Waals surface area contributed by atoms with Crippen LogP contribution >= 0.6 is 0 Å². The van der Waals surface area contributed by atoms with Gasteiger partial charge in [-0.05, 0) is 24.3 Å². The van der Waals surface area contributed by atoms with Gasteiger partial charge in [0.25, 0.3) is 0 Å². The largest absolute Gasteiger partial charge is 0.486 e. The molecule has 3 nitrogen and oxygen atoms in total. The molecule has 0 aliphatic heterocycles. The average Bonchev–Trinajstić information content (AvgIpc) is 2.95. The number of nitrogens with zero attached hydrogens (tertiary/aromatic N) is 2. The standard InChI is InChI=1S/C17H22N2O/c1-3-7-15(8-4-1)12-19-13-17(11-18-19)20-14-16-9-5-2-6-10-16/h2,5-6,9-11,13,15H,1,3-4,7-8,12,14H2. The Labute approximate surface area is 120 Å². The lowest BCUT2D eigenvalue weighted by Gasteiger charge is -2.21. The van der Waals surface area contributed by atoms with Crippen molar-refractivity contribution in [1.29, 1.82) is 0 Å². The molecule has 0 bridgehead atoms. The monoisotopic (exact) mass is 270 g/mol. The van der Waals surface area contributed by atoms with Crippen LogP contribution in [-0.2, 0) is 13.2 Å². The molecule has 106 valence electrons. The Bertz CT molecular complexity index is 515. The van der Waals surface area contributed by atoms with E-state index in [1.54, 1.807) is 0 Å². The molecule has 0 unspecified atom stereocenters. The minimum Gasteiger partial charge on any atom is -0.486 e. The second-order valence-electron chi connectivity index (χ2n) is 5.68. The van der Waals surface area contributed by atoms with E-state index >= 15 is 0 Å². The summed E-state index contributed by atoms with van der Waals surface area (Å²) < 4.78 is 7.82. The Morgan fingerprint density at radius 3 is 2.70 bits per heavy atom. The molecule has 0 spiro atoms. The summed E-state index contributed by atoms with van der Waals surface area (Å²) in [5.74, 6) is 1.66. The molecule has 0 saturated heterocycles. The van der Waals surface area contributed by atoms with Crippen molar-refractivity contribution in [2.75, 3.05) is 0 Å². The van der Waals surface area contributed by atoms with Gasteiger partial charge in [0.1, 0.15) is 6.61 Å². The van der Waals surface area contributed by atoms with Gasteiger partial charge in [0, 0.05) is 6.54 Å². The summed E-state index contributed by atoms with van der Waals surface area (Å²) in [7, 11) is 0. The Kier molecular flexibility index (Phi) is 4.36. The number of ether oxygens (including phenoxy) is 1. The summed E-state index contributed by atoms with van der Waals surface area (Å²) in [4.78, 5) is 0. The molecule has 0 radical (unpaired) electrons. The molecule has 2 aromatic rings. The fourth-order valence-electron chi connectivity index (χ4n) is 2.89. The van der Waals surface area contributed by atoms with Crippen molar-refractivity contribution < 1.29 is 4.74 Å². The van der Waals surface area contributed by atoms with Gasteiger partial charge in [-0.3, -0.25) is 4.68 Å². The van der Waals surface area contributed by atoms with Crippen LogP contribution in [0.4, 0.5) is 0 Å². The molecule has 0 atom stereocenters. The molecule has 1 aromatic carbocycles. The van der Waals surface area contributed by atoms with E-state index in [-0.39, 0.29) is 0 Å². The van der Waals surface area contributed by atoms with Crippen LogP contribution in [0.25, 0.3) is 0 Å². The Morgan fingerprint density at radius 2 is 1.90 bits per heavy atom. The van der Waals surface area contributed by atoms with Gasteiger partial charge in [-0.2, -0.15) is 5.10 Å². The third-order valence-electron chi connectivity index (χ3n) is 4.03. The summed E-state index contributed by atoms with van der Waals surface area (Å²) >= 11 is 0. The summed E-state index contributed by atoms with van der Waals surface area (Å²) in [5.41, 5.74) is 1.19. The zero-order chi connectivity index (χ0) is 13.6. The molecule has 0 amide bonds. The molecular weight excluding hydrogens is 248 g/mol. The highest BCUT2D eigenvalue weighted by Gasteiger charge is 2.14. The smallest absolute Gasteiger partial charge is 0.157 e. The summed E-state index contributed by atoms with van der Waals surface area (Å²) in [6.45, 7) is 1.64. The topological polar surface area (TPSA) is 27.1 Å². The zero-order valence-corrected chi connectivity index (χ0v) is 11.9. The molecule has 3 rings (SSSR count). The lowest BCUT2D eigenvalue weighted by Crippen LogP contribution is -2.14. The van der Waals surface area contributed by atoms with Crippen LogP contribution in [-0.4, -0.2) is 9.78 Å². The third-order valence-corrected chi connectivity index (χ3v) is 4.03. The van der Waals surface area contributed by atoms with Crippen molar-refractivity contribution in [2.45, 2.75) is 45.3 Å². The predicted octanol–water partition coefficient (Wildman–Crippen LogP) is 4.04. The Balaban J connectivity index is 1.51. The molecule has 1 aliphatic carbocycles. The van der Waals surface area contributed by atoms with Gasteiger partial charge in [-0.25, -0.2) is 0 Å². The van der Waals surface area contributed by atoms with E-state index in [0.717, 1.165) is 18.2 Å². The van der Waals surface area contributed by atoms with Crippen LogP contribution < -0.4 is 4.74 Å². The highest BCUT2D eigenvalue weighted by atomic mass is 16.5. The van der Waals surface area contributed by atoms with E-state index in [1.165, 1.54) is 37.7 Å². The lowest BCUT2D eigenvalue weighted by molar-refractivity contribution is 0.298. The maximum absolute atomic E-state index is 5.78. The van der Waals surface area contributed by atoms with Gasteiger partial charge in [0.05, 0.1) is 12.4 Å². The van der Waals surface area contributed by atoms with Gasteiger partial charge in [-0.15, -0.1) is 0 Å². The Hall–Kier alpha value is -1.77. The minimum atomic E-state index is 0.607. The highest BCUT2D eigenvalue weighted by molar-refractivity contribution is 5.16. The summed E-state index contributed by atoms with van der Waals surface area (Å²) in [6.07, 6.45) is 10.7. The van der Waals surface area contributed by atoms with Crippen LogP contribution in [0.2, 0.25) is 0 Å². The first-order valence-corrected chi connectivity index (χ1v) is 7.59. The number of hydrogen-bond donors (Lipinski definition) is 0. The van der Waals surface area contributed by atoms with Crippen molar-refractivity contribution in [3.05, 3.63) is 48.3 Å². The van der Waals surface area contributed by atoms with Gasteiger partial charge in [0.15, 0.2) is 5.75 Å². The first-order chi connectivity index (χ1) is 9.90. The van der Waals surface area contributed by atoms with E-state index in [9.17, 15) is 0 Å². The first-order valence-electron chi connectivity index (χ1n) is 7.59. The summed E-state index contributed by atoms with van der Waals surface area (Å²) in [5, 5.41) is 4.41. The van der Waals surface area contributed by atoms with E-state index in [0.29, 0.717) is 6.61 Å². The van der Waals surface area contributed by atoms with E-state index in [2.05, 4.69) is 17.2 Å². The van der Waals surface area contributed by atoms with Gasteiger partial charge >= 0.3 is 0 Å². The molecule has 20 heavy (non-hydrogen) atoms. The Morgan fingerprint density at radius 1 is 1.10 bits per heavy atom. The van der Waals surface area contributed by atoms with Crippen molar-refractivity contribution >= 4 is 0 Å². The second-order valence-corrected chi connectivity index (χ2v) is 5.68. The fraction of sp³-hybridized carbons (Fsp3) is 0.471. The average molecular weight is 270 g/mol. The van der Waals surface area contributed by atoms with Crippen molar-refractivity contribution in [1.82, 2.24) is 9.78 Å². The summed E-state index contributed by atoms with van der Waals surface area (Å²) in [6, 6.07) is 10.2. The van der Waals surface area contributed by atoms with Crippen LogP contribution in [0.15, 0.2) is 42.7 Å². The van der Waals surface area contributed by atoms with E-state index < -0.39 is 0 Å². The SMILES string of the molecule is c1ccc(COc2cnn(CC3CCCCC3)c2)cc1. The van der Waals surface area contributed by atoms with E-state index in [4.69, 9.17) is 4.74 Å². The molecule has 1 aliphatic rings. The van der Waals surface area contributed by atoms with E-state index in [1.807, 2.05) is 35.3 Å². The maximum atomic E-state index is 5.78. The van der Waals surface area contributed by atoms with Crippen molar-refractivity contribution in [3.63, 3.8) is 0 Å². The molecule has 1 aromatic heterocycles. The molecular formula is C17H22N2O. The third kappa shape index (κ3) is 3.62. The van der Waals surface area contributed by atoms with Crippen LogP contribution in [0.1, 0.15) is 37.7 Å². The van der Waals surface area contributed by atoms with Gasteiger partial charge in [0.2, 0.25) is 0 Å². The van der Waals surface area contributed by atoms with Crippen LogP contribution in [0.5, 0.6) is 5.75 Å². The van der Waals surface area contributed by atoms with Crippen LogP contribution in [0.3, 0.4) is 0 Å². The fourth-order valence-corrected chi connectivity index (χ4v) is 2.89. The zero-order valence-electron chi connectivity index (χ0n) is 11.9. The lowest BCUT2D eigenvalue weighted by atomic mass is 9.89. The number of aromatic nitrogens is 2. The van der Waals surface area contributed by atoms with Crippen LogP contribution in [0, 0.1) is 5.92 Å². The quantitative estimate of drug-likeness (QED) is 0.819. The number of hydrogen-bond acceptors (Lipinski definition) is 2. The highest BCUT2D eigenvalue weighted by Crippen LogP contribution is 2.25. The normalized spacial score (nSPS) is 16.2. The molecule has 3 heteroatoms.